The molecule has 7 aromatic rings. The average molecular weight is 1170 g/mol. The number of carbonyl (C=O) groups is 4. The number of likely N-dealkylation sites (tertiary alicyclic amines) is 2. The maximum atomic E-state index is 17.0. The van der Waals surface area contributed by atoms with Crippen LogP contribution in [0.15, 0.2) is 90.3 Å². The maximum absolute atomic E-state index is 17.0. The third-order valence-corrected chi connectivity index (χ3v) is 16.0. The first-order chi connectivity index (χ1) is 36.4. The molecule has 19 nitrogen and oxygen atoms in total. The molecular weight excluding hydrogens is 1110 g/mol. The van der Waals surface area contributed by atoms with Crippen LogP contribution in [0.25, 0.3) is 55.1 Å². The third-order valence-electron chi connectivity index (χ3n) is 14.7. The van der Waals surface area contributed by atoms with E-state index in [2.05, 4.69) is 47.3 Å². The van der Waals surface area contributed by atoms with Gasteiger partial charge in [-0.05, 0) is 104 Å². The van der Waals surface area contributed by atoms with Crippen LogP contribution in [-0.2, 0) is 25.5 Å². The number of amides is 4. The van der Waals surface area contributed by atoms with Crippen molar-refractivity contribution in [3.05, 3.63) is 128 Å². The number of alkyl carbamates (subject to hydrolysis) is 2. The maximum Gasteiger partial charge on any atom is 0.407 e. The number of H-pyrrole nitrogens is 2. The molecule has 3 aliphatic heterocycles. The van der Waals surface area contributed by atoms with E-state index in [1.165, 1.54) is 25.2 Å². The molecule has 0 bridgehead atoms. The van der Waals surface area contributed by atoms with Gasteiger partial charge in [-0.2, -0.15) is 54.0 Å². The van der Waals surface area contributed by atoms with Crippen molar-refractivity contribution in [2.75, 3.05) is 27.3 Å². The molecule has 4 N–H and O–H groups in total. The Kier molecular flexibility index (Phi) is 19.1. The molecule has 418 valence electrons. The number of rotatable bonds is 14. The van der Waals surface area contributed by atoms with Gasteiger partial charge in [0.2, 0.25) is 18.0 Å². The molecule has 11 rings (SSSR count). The van der Waals surface area contributed by atoms with Gasteiger partial charge in [0.15, 0.2) is 0 Å². The molecule has 7 heterocycles. The number of hydrogen-bond donors (Lipinski definition) is 4. The van der Waals surface area contributed by atoms with E-state index in [9.17, 15) is 19.2 Å². The van der Waals surface area contributed by atoms with Gasteiger partial charge in [-0.15, -0.1) is 11.3 Å². The standard InChI is InChI=1S/C54H55FN12O7S.4H2S/c1-28(2)47(62-54(71)73-4)51(69)66-20-6-8-41(66)49-58-27-38(60-49)32-23-35(55)46-42-24-33-22-31(13-16-39(33)67(42)52(74-43(46)25-32)45-18-17-44(75-45)30-11-12-30)37-26-57-48(59-37)40-7-5-19-65(40)50(68)36(61-53(70)72-3)21-29-9-14-34(15-10-29)63-64-56;;;;/h9-10,13-18,22-28,30,36,40-41,47,52H,5-8,11-12,19-21H2,1-4H3,(H,57,59)(H,58,60)(H,61,70)(H,62,71);4*1H2/t36-,40-,41-,47-,52?;;;;/m0..../s1. The van der Waals surface area contributed by atoms with E-state index in [1.54, 1.807) is 57.8 Å². The van der Waals surface area contributed by atoms with Crippen molar-refractivity contribution in [1.82, 2.24) is 44.9 Å². The molecule has 3 fully saturated rings. The number of carbonyl (C=O) groups excluding carboxylic acids is 4. The Morgan fingerprint density at radius 1 is 0.797 bits per heavy atom. The monoisotopic (exact) mass is 1170 g/mol. The lowest BCUT2D eigenvalue weighted by Gasteiger charge is -2.30. The summed E-state index contributed by atoms with van der Waals surface area (Å²) in [5.74, 6) is 0.943. The largest absolute Gasteiger partial charge is 0.464 e. The van der Waals surface area contributed by atoms with Gasteiger partial charge in [0.05, 0.1) is 71.7 Å². The number of azide groups is 1. The van der Waals surface area contributed by atoms with Crippen molar-refractivity contribution in [2.45, 2.75) is 95.1 Å². The highest BCUT2D eigenvalue weighted by Gasteiger charge is 2.40. The van der Waals surface area contributed by atoms with Crippen LogP contribution < -0.4 is 15.4 Å². The van der Waals surface area contributed by atoms with E-state index < -0.39 is 36.3 Å². The number of imidazole rings is 2. The number of hydrogen-bond acceptors (Lipinski definition) is 11. The SMILES string of the molecule is COC(=O)N[C@@H](Cc1ccc(N=[N+]=[N-])cc1)C(=O)N1CCC[C@H]1c1ncc(-c2ccc3c(c2)cc2n3C(c3ccc(C4CC4)s3)Oc3cc(-c4cnc([C@@H]5CCCN5C(=O)[C@@H](NC(=O)OC)C(C)C)[nH]4)cc(F)c3-2)[nH]1.S.S.S.S. The van der Waals surface area contributed by atoms with E-state index in [0.717, 1.165) is 58.3 Å². The zero-order chi connectivity index (χ0) is 52.1. The van der Waals surface area contributed by atoms with Crippen LogP contribution in [0.4, 0.5) is 19.7 Å². The number of aromatic nitrogens is 5. The third kappa shape index (κ3) is 11.9. The van der Waals surface area contributed by atoms with Gasteiger partial charge in [-0.25, -0.2) is 23.9 Å². The van der Waals surface area contributed by atoms with Crippen molar-refractivity contribution in [2.24, 2.45) is 11.0 Å². The summed E-state index contributed by atoms with van der Waals surface area (Å²) >= 11 is 1.72. The number of nitrogens with one attached hydrogen (secondary N) is 4. The predicted octanol–water partition coefficient (Wildman–Crippen LogP) is 11.2. The summed E-state index contributed by atoms with van der Waals surface area (Å²) in [6.07, 6.45) is 6.72. The lowest BCUT2D eigenvalue weighted by atomic mass is 10.0. The van der Waals surface area contributed by atoms with Crippen LogP contribution in [0.3, 0.4) is 0 Å². The van der Waals surface area contributed by atoms with E-state index >= 15 is 4.39 Å². The number of nitrogens with zero attached hydrogens (tertiary/aromatic N) is 8. The fourth-order valence-corrected chi connectivity index (χ4v) is 12.0. The summed E-state index contributed by atoms with van der Waals surface area (Å²) in [5, 5.41) is 9.89. The summed E-state index contributed by atoms with van der Waals surface area (Å²) < 4.78 is 35.7. The Bertz CT molecular complexity index is 3410. The molecule has 1 saturated carbocycles. The van der Waals surface area contributed by atoms with Gasteiger partial charge in [-0.3, -0.25) is 14.2 Å². The molecule has 0 radical (unpaired) electrons. The minimum absolute atomic E-state index is 0. The minimum Gasteiger partial charge on any atom is -0.464 e. The van der Waals surface area contributed by atoms with Crippen molar-refractivity contribution < 1.29 is 37.8 Å². The summed E-state index contributed by atoms with van der Waals surface area (Å²) in [6.45, 7) is 4.70. The molecule has 1 aliphatic carbocycles. The number of thiophene rings is 1. The minimum atomic E-state index is -0.933. The van der Waals surface area contributed by atoms with Crippen LogP contribution in [0.2, 0.25) is 0 Å². The highest BCUT2D eigenvalue weighted by atomic mass is 32.1. The van der Waals surface area contributed by atoms with Gasteiger partial charge < -0.3 is 44.6 Å². The zero-order valence-electron chi connectivity index (χ0n) is 43.7. The molecule has 25 heteroatoms. The van der Waals surface area contributed by atoms with Crippen molar-refractivity contribution in [3.8, 4) is 39.5 Å². The molecule has 4 aliphatic rings. The zero-order valence-corrected chi connectivity index (χ0v) is 48.5. The fraction of sp³-hybridized carbons (Fsp3) is 0.370. The number of benzene rings is 3. The van der Waals surface area contributed by atoms with Crippen LogP contribution >= 0.6 is 65.3 Å². The first-order valence-corrected chi connectivity index (χ1v) is 26.0. The Morgan fingerprint density at radius 2 is 1.42 bits per heavy atom. The highest BCUT2D eigenvalue weighted by Crippen LogP contribution is 2.50. The quantitative estimate of drug-likeness (QED) is 0.0459. The van der Waals surface area contributed by atoms with Gasteiger partial charge in [0.1, 0.15) is 35.3 Å². The topological polar surface area (TPSA) is 238 Å². The fourth-order valence-electron chi connectivity index (χ4n) is 10.8. The second-order valence-corrected chi connectivity index (χ2v) is 21.0. The van der Waals surface area contributed by atoms with Crippen LogP contribution in [0, 0.1) is 11.7 Å². The van der Waals surface area contributed by atoms with Gasteiger partial charge >= 0.3 is 12.2 Å². The Labute approximate surface area is 487 Å². The Balaban J connectivity index is 0.00000226. The van der Waals surface area contributed by atoms with Gasteiger partial charge in [0.25, 0.3) is 0 Å². The van der Waals surface area contributed by atoms with Gasteiger partial charge in [-0.1, -0.05) is 49.3 Å². The molecule has 3 aromatic carbocycles. The molecule has 4 amide bonds. The lowest BCUT2D eigenvalue weighted by Crippen LogP contribution is -2.51. The summed E-state index contributed by atoms with van der Waals surface area (Å²) in [4.78, 5) is 77.8. The number of fused-ring (bicyclic) bond motifs is 5. The second kappa shape index (κ2) is 25.1. The van der Waals surface area contributed by atoms with Crippen LogP contribution in [0.5, 0.6) is 5.75 Å². The van der Waals surface area contributed by atoms with Gasteiger partial charge in [0, 0.05) is 51.5 Å². The first kappa shape index (κ1) is 59.9. The van der Waals surface area contributed by atoms with E-state index in [-0.39, 0.29) is 90.2 Å². The summed E-state index contributed by atoms with van der Waals surface area (Å²) in [7, 11) is 2.51. The average Bonchev–Trinajstić information content (AvgIpc) is 4.33. The smallest absolute Gasteiger partial charge is 0.407 e. The van der Waals surface area contributed by atoms with Crippen LogP contribution in [-0.4, -0.2) is 97.7 Å². The lowest BCUT2D eigenvalue weighted by molar-refractivity contribution is -0.135. The molecule has 79 heavy (non-hydrogen) atoms. The summed E-state index contributed by atoms with van der Waals surface area (Å²) in [5.41, 5.74) is 14.5. The van der Waals surface area contributed by atoms with E-state index in [0.29, 0.717) is 77.4 Å². The molecule has 5 atom stereocenters. The molecule has 0 spiro atoms. The highest BCUT2D eigenvalue weighted by molar-refractivity contribution is 7.59. The molecule has 2 saturated heterocycles. The molecule has 1 unspecified atom stereocenters. The molecular formula is C54H63FN12O7S5. The number of methoxy groups -OCH3 is 2. The Hall–Kier alpha value is -6.76. The predicted molar refractivity (Wildman–Crippen MR) is 319 cm³/mol. The number of ether oxygens (including phenoxy) is 3. The van der Waals surface area contributed by atoms with Crippen molar-refractivity contribution in [3.63, 3.8) is 0 Å². The normalized spacial score (nSPS) is 17.8. The number of halogens is 1. The molecule has 4 aromatic heterocycles. The Morgan fingerprint density at radius 3 is 2.04 bits per heavy atom. The van der Waals surface area contributed by atoms with Crippen LogP contribution in [0.1, 0.15) is 104 Å². The van der Waals surface area contributed by atoms with Crippen molar-refractivity contribution >= 4 is 106 Å². The van der Waals surface area contributed by atoms with E-state index in [1.807, 2.05) is 44.2 Å². The second-order valence-electron chi connectivity index (χ2n) is 19.8. The van der Waals surface area contributed by atoms with E-state index in [4.69, 9.17) is 29.7 Å². The number of aromatic amines is 2. The first-order valence-electron chi connectivity index (χ1n) is 25.2. The van der Waals surface area contributed by atoms with Crippen molar-refractivity contribution in [1.29, 1.82) is 0 Å². The summed E-state index contributed by atoms with van der Waals surface area (Å²) in [6, 6.07) is 20.0.